The van der Waals surface area contributed by atoms with Gasteiger partial charge in [0.1, 0.15) is 5.41 Å². The molecule has 3 saturated heterocycles. The van der Waals surface area contributed by atoms with Crippen LogP contribution in [0.5, 0.6) is 0 Å². The number of methoxy groups -OCH3 is 1. The molecule has 0 unspecified atom stereocenters. The van der Waals surface area contributed by atoms with Crippen molar-refractivity contribution >= 4 is 5.97 Å². The van der Waals surface area contributed by atoms with Gasteiger partial charge in [-0.2, -0.15) is 0 Å². The summed E-state index contributed by atoms with van der Waals surface area (Å²) in [4.78, 5) is 12.1. The Bertz CT molecular complexity index is 327. The minimum Gasteiger partial charge on any atom is -0.469 e. The maximum absolute atomic E-state index is 12.1. The Labute approximate surface area is 95.7 Å². The molecule has 0 aromatic rings. The van der Waals surface area contributed by atoms with Crippen LogP contribution in [0.4, 0.5) is 0 Å². The lowest BCUT2D eigenvalue weighted by Gasteiger charge is -2.46. The molecule has 16 heavy (non-hydrogen) atoms. The molecule has 3 aliphatic heterocycles. The number of ether oxygens (including phenoxy) is 2. The molecule has 1 spiro atoms. The van der Waals surface area contributed by atoms with Crippen molar-refractivity contribution in [3.63, 3.8) is 0 Å². The van der Waals surface area contributed by atoms with Gasteiger partial charge < -0.3 is 14.8 Å². The lowest BCUT2D eigenvalue weighted by Crippen LogP contribution is -2.57. The van der Waals surface area contributed by atoms with Crippen LogP contribution in [0.2, 0.25) is 0 Å². The van der Waals surface area contributed by atoms with Crippen LogP contribution in [0, 0.1) is 5.41 Å². The van der Waals surface area contributed by atoms with Crippen LogP contribution in [0.15, 0.2) is 0 Å². The van der Waals surface area contributed by atoms with Crippen molar-refractivity contribution in [1.82, 2.24) is 5.32 Å². The molecular formula is C12H19NO3. The maximum atomic E-state index is 12.1. The van der Waals surface area contributed by atoms with Crippen LogP contribution in [-0.4, -0.2) is 37.4 Å². The van der Waals surface area contributed by atoms with Gasteiger partial charge in [0.25, 0.3) is 0 Å². The summed E-state index contributed by atoms with van der Waals surface area (Å²) in [5, 5.41) is 3.33. The third-order valence-electron chi connectivity index (χ3n) is 4.65. The number of hydrogen-bond donors (Lipinski definition) is 1. The highest BCUT2D eigenvalue weighted by molar-refractivity contribution is 5.81. The number of piperidine rings is 1. The second-order valence-electron chi connectivity index (χ2n) is 5.72. The van der Waals surface area contributed by atoms with E-state index in [0.717, 1.165) is 38.8 Å². The van der Waals surface area contributed by atoms with E-state index in [2.05, 4.69) is 12.2 Å². The number of esters is 1. The van der Waals surface area contributed by atoms with E-state index in [1.165, 1.54) is 7.11 Å². The molecule has 4 aliphatic rings. The number of hydrogen-bond acceptors (Lipinski definition) is 4. The summed E-state index contributed by atoms with van der Waals surface area (Å²) in [7, 11) is 1.49. The van der Waals surface area contributed by atoms with Crippen LogP contribution in [0.25, 0.3) is 0 Å². The molecule has 0 atom stereocenters. The Morgan fingerprint density at radius 3 is 2.50 bits per heavy atom. The quantitative estimate of drug-likeness (QED) is 0.672. The summed E-state index contributed by atoms with van der Waals surface area (Å²) in [5.74, 6) is -0.0654. The molecule has 3 heterocycles. The van der Waals surface area contributed by atoms with Gasteiger partial charge in [-0.3, -0.25) is 4.79 Å². The van der Waals surface area contributed by atoms with Crippen molar-refractivity contribution in [2.75, 3.05) is 20.2 Å². The molecule has 0 aromatic heterocycles. The van der Waals surface area contributed by atoms with Gasteiger partial charge in [-0.15, -0.1) is 0 Å². The van der Waals surface area contributed by atoms with E-state index in [4.69, 9.17) is 9.47 Å². The normalized spacial score (nSPS) is 44.1. The van der Waals surface area contributed by atoms with Gasteiger partial charge in [0, 0.05) is 0 Å². The lowest BCUT2D eigenvalue weighted by molar-refractivity contribution is -0.163. The van der Waals surface area contributed by atoms with Crippen LogP contribution >= 0.6 is 0 Å². The minimum absolute atomic E-state index is 0.0654. The van der Waals surface area contributed by atoms with E-state index in [1.54, 1.807) is 0 Å². The van der Waals surface area contributed by atoms with Crippen molar-refractivity contribution in [2.45, 2.75) is 43.8 Å². The fourth-order valence-electron chi connectivity index (χ4n) is 4.13. The molecule has 90 valence electrons. The lowest BCUT2D eigenvalue weighted by atomic mass is 9.54. The monoisotopic (exact) mass is 225 g/mol. The van der Waals surface area contributed by atoms with Gasteiger partial charge in [0.05, 0.1) is 18.3 Å². The molecule has 4 fully saturated rings. The van der Waals surface area contributed by atoms with Crippen molar-refractivity contribution in [1.29, 1.82) is 0 Å². The standard InChI is InChI=1S/C12H19NO3/c1-10-7-11(8-10,9(14)15-2)12(16-10)3-5-13-6-4-12/h13H,3-8H2,1-2H3. The molecule has 1 saturated carbocycles. The van der Waals surface area contributed by atoms with Crippen molar-refractivity contribution in [2.24, 2.45) is 5.41 Å². The third kappa shape index (κ3) is 1.04. The van der Waals surface area contributed by atoms with E-state index in [-0.39, 0.29) is 22.6 Å². The smallest absolute Gasteiger partial charge is 0.314 e. The fraction of sp³-hybridized carbons (Fsp3) is 0.917. The van der Waals surface area contributed by atoms with Crippen LogP contribution < -0.4 is 5.32 Å². The topological polar surface area (TPSA) is 47.6 Å². The Hall–Kier alpha value is -0.610. The third-order valence-corrected chi connectivity index (χ3v) is 4.65. The first-order valence-corrected chi connectivity index (χ1v) is 6.05. The molecule has 4 rings (SSSR count). The number of rotatable bonds is 1. The first kappa shape index (κ1) is 10.5. The van der Waals surface area contributed by atoms with Gasteiger partial charge in [0.2, 0.25) is 0 Å². The van der Waals surface area contributed by atoms with E-state index < -0.39 is 0 Å². The summed E-state index contributed by atoms with van der Waals surface area (Å²) in [6.07, 6.45) is 3.54. The van der Waals surface area contributed by atoms with Gasteiger partial charge in [-0.1, -0.05) is 0 Å². The summed E-state index contributed by atoms with van der Waals surface area (Å²) >= 11 is 0. The van der Waals surface area contributed by atoms with Gasteiger partial charge >= 0.3 is 5.97 Å². The number of carbonyl (C=O) groups excluding carboxylic acids is 1. The average Bonchev–Trinajstić information content (AvgIpc) is 2.61. The van der Waals surface area contributed by atoms with E-state index in [9.17, 15) is 4.79 Å². The molecule has 1 aliphatic carbocycles. The molecule has 0 aromatic carbocycles. The highest BCUT2D eigenvalue weighted by Crippen LogP contribution is 2.69. The zero-order valence-electron chi connectivity index (χ0n) is 9.97. The van der Waals surface area contributed by atoms with Crippen LogP contribution in [-0.2, 0) is 14.3 Å². The SMILES string of the molecule is COC(=O)C12CC(C)(C1)OC21CCNCC1. The average molecular weight is 225 g/mol. The summed E-state index contributed by atoms with van der Waals surface area (Å²) < 4.78 is 11.2. The molecule has 4 nitrogen and oxygen atoms in total. The molecule has 1 N–H and O–H groups in total. The highest BCUT2D eigenvalue weighted by Gasteiger charge is 2.76. The minimum atomic E-state index is -0.349. The molecule has 4 heteroatoms. The zero-order valence-corrected chi connectivity index (χ0v) is 9.97. The molecule has 2 bridgehead atoms. The van der Waals surface area contributed by atoms with Crippen molar-refractivity contribution in [3.8, 4) is 0 Å². The summed E-state index contributed by atoms with van der Waals surface area (Å²) in [5.41, 5.74) is -0.676. The predicted molar refractivity (Wildman–Crippen MR) is 58.0 cm³/mol. The second-order valence-corrected chi connectivity index (χ2v) is 5.72. The van der Waals surface area contributed by atoms with Gasteiger partial charge in [-0.05, 0) is 45.7 Å². The molecular weight excluding hydrogens is 206 g/mol. The van der Waals surface area contributed by atoms with Crippen LogP contribution in [0.1, 0.15) is 32.6 Å². The van der Waals surface area contributed by atoms with Gasteiger partial charge in [0.15, 0.2) is 0 Å². The highest BCUT2D eigenvalue weighted by atomic mass is 16.6. The second kappa shape index (κ2) is 2.99. The Morgan fingerprint density at radius 1 is 1.31 bits per heavy atom. The summed E-state index contributed by atoms with van der Waals surface area (Å²) in [6, 6.07) is 0. The zero-order chi connectivity index (χ0) is 11.4. The first-order chi connectivity index (χ1) is 7.56. The Balaban J connectivity index is 1.95. The number of nitrogens with one attached hydrogen (secondary N) is 1. The maximum Gasteiger partial charge on any atom is 0.314 e. The van der Waals surface area contributed by atoms with E-state index in [1.807, 2.05) is 0 Å². The van der Waals surface area contributed by atoms with Gasteiger partial charge in [-0.25, -0.2) is 0 Å². The first-order valence-electron chi connectivity index (χ1n) is 6.05. The molecule has 0 radical (unpaired) electrons. The summed E-state index contributed by atoms with van der Waals surface area (Å²) in [6.45, 7) is 3.99. The van der Waals surface area contributed by atoms with Crippen molar-refractivity contribution < 1.29 is 14.3 Å². The Kier molecular flexibility index (Phi) is 1.97. The largest absolute Gasteiger partial charge is 0.469 e. The predicted octanol–water partition coefficient (Wildman–Crippen LogP) is 0.851. The number of carbonyl (C=O) groups is 1. The van der Waals surface area contributed by atoms with Crippen LogP contribution in [0.3, 0.4) is 0 Å². The van der Waals surface area contributed by atoms with Crippen molar-refractivity contribution in [3.05, 3.63) is 0 Å². The fourth-order valence-corrected chi connectivity index (χ4v) is 4.13. The van der Waals surface area contributed by atoms with E-state index >= 15 is 0 Å². The van der Waals surface area contributed by atoms with E-state index in [0.29, 0.717) is 0 Å². The Morgan fingerprint density at radius 2 is 1.94 bits per heavy atom. The molecule has 0 amide bonds.